The Morgan fingerprint density at radius 1 is 1.36 bits per heavy atom. The van der Waals surface area contributed by atoms with Crippen molar-refractivity contribution in [3.8, 4) is 5.75 Å². The first-order chi connectivity index (χ1) is 5.38. The van der Waals surface area contributed by atoms with Crippen molar-refractivity contribution < 1.29 is 9.31 Å². The standard InChI is InChI=1S/C9H10NO/c1-10-6-7-11-9-5-3-2-4-8(9)10/h2-5H,1,6-7H2/q+1. The van der Waals surface area contributed by atoms with Crippen LogP contribution in [0.1, 0.15) is 0 Å². The van der Waals surface area contributed by atoms with Crippen molar-refractivity contribution in [2.75, 3.05) is 13.2 Å². The predicted octanol–water partition coefficient (Wildman–Crippen LogP) is 1.42. The third-order valence-electron chi connectivity index (χ3n) is 1.82. The summed E-state index contributed by atoms with van der Waals surface area (Å²) in [6.07, 6.45) is 0. The Morgan fingerprint density at radius 2 is 2.18 bits per heavy atom. The number of ether oxygens (including phenoxy) is 1. The molecule has 0 aromatic heterocycles. The lowest BCUT2D eigenvalue weighted by Crippen LogP contribution is -2.19. The molecule has 11 heavy (non-hydrogen) atoms. The smallest absolute Gasteiger partial charge is 0.247 e. The highest BCUT2D eigenvalue weighted by molar-refractivity contribution is 5.48. The van der Waals surface area contributed by atoms with Gasteiger partial charge in [-0.25, -0.2) is 0 Å². The van der Waals surface area contributed by atoms with Crippen molar-refractivity contribution >= 4 is 12.4 Å². The molecule has 0 saturated heterocycles. The van der Waals surface area contributed by atoms with E-state index in [1.807, 2.05) is 28.8 Å². The molecule has 1 aromatic carbocycles. The quantitative estimate of drug-likeness (QED) is 0.507. The topological polar surface area (TPSA) is 12.2 Å². The summed E-state index contributed by atoms with van der Waals surface area (Å²) in [5.41, 5.74) is 1.08. The molecule has 2 heteroatoms. The number of hydrogen-bond acceptors (Lipinski definition) is 1. The summed E-state index contributed by atoms with van der Waals surface area (Å²) in [5.74, 6) is 0.939. The minimum absolute atomic E-state index is 0.737. The normalized spacial score (nSPS) is 15.5. The molecule has 0 unspecified atom stereocenters. The second-order valence-electron chi connectivity index (χ2n) is 2.58. The number of rotatable bonds is 0. The Hall–Kier alpha value is -1.31. The number of para-hydroxylation sites is 2. The van der Waals surface area contributed by atoms with E-state index in [-0.39, 0.29) is 0 Å². The van der Waals surface area contributed by atoms with Crippen molar-refractivity contribution in [1.29, 1.82) is 0 Å². The fraction of sp³-hybridized carbons (Fsp3) is 0.222. The molecule has 0 spiro atoms. The van der Waals surface area contributed by atoms with E-state index < -0.39 is 0 Å². The minimum Gasteiger partial charge on any atom is -0.480 e. The summed E-state index contributed by atoms with van der Waals surface area (Å²) >= 11 is 0. The summed E-state index contributed by atoms with van der Waals surface area (Å²) in [6.45, 7) is 5.50. The highest BCUT2D eigenvalue weighted by Gasteiger charge is 2.18. The van der Waals surface area contributed by atoms with Crippen LogP contribution in [0.5, 0.6) is 5.75 Å². The summed E-state index contributed by atoms with van der Waals surface area (Å²) in [5, 5.41) is 0. The van der Waals surface area contributed by atoms with Gasteiger partial charge in [-0.2, -0.15) is 4.58 Å². The van der Waals surface area contributed by atoms with Crippen molar-refractivity contribution in [1.82, 2.24) is 0 Å². The van der Waals surface area contributed by atoms with E-state index in [0.717, 1.165) is 24.6 Å². The first-order valence-corrected chi connectivity index (χ1v) is 3.68. The van der Waals surface area contributed by atoms with E-state index >= 15 is 0 Å². The first kappa shape index (κ1) is 6.40. The lowest BCUT2D eigenvalue weighted by Gasteiger charge is -2.13. The van der Waals surface area contributed by atoms with E-state index in [4.69, 9.17) is 4.74 Å². The van der Waals surface area contributed by atoms with Crippen molar-refractivity contribution in [3.05, 3.63) is 24.3 Å². The van der Waals surface area contributed by atoms with Gasteiger partial charge < -0.3 is 4.74 Å². The van der Waals surface area contributed by atoms with Gasteiger partial charge in [0.1, 0.15) is 13.3 Å². The zero-order chi connectivity index (χ0) is 7.68. The third kappa shape index (κ3) is 1.00. The molecule has 1 heterocycles. The van der Waals surface area contributed by atoms with Crippen LogP contribution in [0.25, 0.3) is 0 Å². The van der Waals surface area contributed by atoms with E-state index in [1.165, 1.54) is 0 Å². The maximum absolute atomic E-state index is 5.41. The van der Waals surface area contributed by atoms with Gasteiger partial charge in [-0.1, -0.05) is 12.1 Å². The molecule has 0 N–H and O–H groups in total. The van der Waals surface area contributed by atoms with Crippen LogP contribution < -0.4 is 4.74 Å². The van der Waals surface area contributed by atoms with Gasteiger partial charge in [0.05, 0.1) is 0 Å². The summed E-state index contributed by atoms with van der Waals surface area (Å²) < 4.78 is 7.37. The Balaban J connectivity index is 2.52. The molecule has 56 valence electrons. The largest absolute Gasteiger partial charge is 0.480 e. The molecule has 0 bridgehead atoms. The Labute approximate surface area is 65.7 Å². The molecule has 2 rings (SSSR count). The van der Waals surface area contributed by atoms with Gasteiger partial charge in [-0.15, -0.1) is 0 Å². The summed E-state index contributed by atoms with van der Waals surface area (Å²) in [7, 11) is 0. The van der Waals surface area contributed by atoms with Crippen LogP contribution in [0.4, 0.5) is 5.69 Å². The average Bonchev–Trinajstić information content (AvgIpc) is 2.06. The molecule has 0 radical (unpaired) electrons. The van der Waals surface area contributed by atoms with Gasteiger partial charge in [0.15, 0.2) is 12.3 Å². The molecular weight excluding hydrogens is 138 g/mol. The molecule has 0 amide bonds. The van der Waals surface area contributed by atoms with Crippen LogP contribution in [0, 0.1) is 0 Å². The van der Waals surface area contributed by atoms with Gasteiger partial charge in [-0.05, 0) is 6.07 Å². The average molecular weight is 148 g/mol. The van der Waals surface area contributed by atoms with Gasteiger partial charge >= 0.3 is 0 Å². The number of nitrogens with zero attached hydrogens (tertiary/aromatic N) is 1. The minimum atomic E-state index is 0.737. The lowest BCUT2D eigenvalue weighted by atomic mass is 10.2. The molecular formula is C9H10NO+. The van der Waals surface area contributed by atoms with Crippen LogP contribution in [0.2, 0.25) is 0 Å². The third-order valence-corrected chi connectivity index (χ3v) is 1.82. The predicted molar refractivity (Wildman–Crippen MR) is 43.8 cm³/mol. The number of fused-ring (bicyclic) bond motifs is 1. The summed E-state index contributed by atoms with van der Waals surface area (Å²) in [4.78, 5) is 0. The zero-order valence-electron chi connectivity index (χ0n) is 6.29. The Bertz CT molecular complexity index is 293. The van der Waals surface area contributed by atoms with Gasteiger partial charge in [0, 0.05) is 6.07 Å². The SMILES string of the molecule is C=[N+]1CCOc2ccccc21. The molecule has 1 aliphatic rings. The van der Waals surface area contributed by atoms with Crippen LogP contribution in [0.15, 0.2) is 24.3 Å². The molecule has 0 atom stereocenters. The second kappa shape index (κ2) is 2.38. The number of hydrogen-bond donors (Lipinski definition) is 0. The van der Waals surface area contributed by atoms with E-state index in [9.17, 15) is 0 Å². The maximum atomic E-state index is 5.41. The van der Waals surface area contributed by atoms with E-state index in [1.54, 1.807) is 0 Å². The molecule has 0 fully saturated rings. The zero-order valence-corrected chi connectivity index (χ0v) is 6.29. The fourth-order valence-corrected chi connectivity index (χ4v) is 1.23. The molecule has 1 aliphatic heterocycles. The monoisotopic (exact) mass is 148 g/mol. The van der Waals surface area contributed by atoms with Crippen molar-refractivity contribution in [2.24, 2.45) is 0 Å². The van der Waals surface area contributed by atoms with Crippen molar-refractivity contribution in [3.63, 3.8) is 0 Å². The van der Waals surface area contributed by atoms with E-state index in [0.29, 0.717) is 0 Å². The van der Waals surface area contributed by atoms with E-state index in [2.05, 4.69) is 6.72 Å². The van der Waals surface area contributed by atoms with Crippen LogP contribution in [-0.4, -0.2) is 24.4 Å². The molecule has 1 aromatic rings. The molecule has 0 aliphatic carbocycles. The lowest BCUT2D eigenvalue weighted by molar-refractivity contribution is -0.442. The maximum Gasteiger partial charge on any atom is 0.247 e. The van der Waals surface area contributed by atoms with Gasteiger partial charge in [0.25, 0.3) is 0 Å². The summed E-state index contributed by atoms with van der Waals surface area (Å²) in [6, 6.07) is 7.94. The van der Waals surface area contributed by atoms with Crippen LogP contribution in [-0.2, 0) is 0 Å². The van der Waals surface area contributed by atoms with Gasteiger partial charge in [0.2, 0.25) is 5.69 Å². The Kier molecular flexibility index (Phi) is 1.39. The van der Waals surface area contributed by atoms with Crippen molar-refractivity contribution in [2.45, 2.75) is 0 Å². The molecule has 0 saturated carbocycles. The Morgan fingerprint density at radius 3 is 3.00 bits per heavy atom. The highest BCUT2D eigenvalue weighted by atomic mass is 16.5. The highest BCUT2D eigenvalue weighted by Crippen LogP contribution is 2.28. The second-order valence-corrected chi connectivity index (χ2v) is 2.58. The van der Waals surface area contributed by atoms with Gasteiger partial charge in [-0.3, -0.25) is 0 Å². The van der Waals surface area contributed by atoms with Crippen LogP contribution in [0.3, 0.4) is 0 Å². The molecule has 2 nitrogen and oxygen atoms in total. The number of benzene rings is 1. The van der Waals surface area contributed by atoms with Crippen LogP contribution >= 0.6 is 0 Å². The fourth-order valence-electron chi connectivity index (χ4n) is 1.23. The first-order valence-electron chi connectivity index (χ1n) is 3.68.